The summed E-state index contributed by atoms with van der Waals surface area (Å²) in [7, 11) is 0. The van der Waals surface area contributed by atoms with E-state index < -0.39 is 17.6 Å². The quantitative estimate of drug-likeness (QED) is 0.865. The van der Waals surface area contributed by atoms with Crippen molar-refractivity contribution in [1.82, 2.24) is 0 Å². The lowest BCUT2D eigenvalue weighted by molar-refractivity contribution is -0.115. The van der Waals surface area contributed by atoms with Gasteiger partial charge >= 0.3 is 0 Å². The third kappa shape index (κ3) is 4.20. The van der Waals surface area contributed by atoms with Gasteiger partial charge in [-0.1, -0.05) is 18.2 Å². The zero-order valence-corrected chi connectivity index (χ0v) is 14.5. The van der Waals surface area contributed by atoms with Crippen molar-refractivity contribution in [3.05, 3.63) is 59.4 Å². The summed E-state index contributed by atoms with van der Waals surface area (Å²) in [5.74, 6) is -1.44. The second kappa shape index (κ2) is 7.99. The standard InChI is InChI=1S/C20H22FN3O2/c21-17-7-3-2-6-14(17)12-19(25)23-18-9-8-15(13-16(18)20(22)26)24-10-4-1-5-11-24/h2-3,6-9,13H,1,4-5,10-12H2,(H2,22,26)(H,23,25). The molecule has 6 heteroatoms. The van der Waals surface area contributed by atoms with E-state index in [0.717, 1.165) is 31.6 Å². The van der Waals surface area contributed by atoms with Gasteiger partial charge in [0.1, 0.15) is 5.82 Å². The summed E-state index contributed by atoms with van der Waals surface area (Å²) in [6.07, 6.45) is 3.34. The first-order valence-electron chi connectivity index (χ1n) is 8.76. The Bertz CT molecular complexity index is 816. The highest BCUT2D eigenvalue weighted by Gasteiger charge is 2.17. The van der Waals surface area contributed by atoms with Crippen LogP contribution in [0.15, 0.2) is 42.5 Å². The monoisotopic (exact) mass is 355 g/mol. The molecule has 1 fully saturated rings. The Morgan fingerprint density at radius 3 is 2.50 bits per heavy atom. The topological polar surface area (TPSA) is 75.4 Å². The Kier molecular flexibility index (Phi) is 5.51. The van der Waals surface area contributed by atoms with Crippen LogP contribution < -0.4 is 16.0 Å². The maximum absolute atomic E-state index is 13.7. The summed E-state index contributed by atoms with van der Waals surface area (Å²) >= 11 is 0. The van der Waals surface area contributed by atoms with Crippen LogP contribution in [0.3, 0.4) is 0 Å². The van der Waals surface area contributed by atoms with Crippen molar-refractivity contribution in [3.63, 3.8) is 0 Å². The Morgan fingerprint density at radius 2 is 1.81 bits per heavy atom. The van der Waals surface area contributed by atoms with Crippen molar-refractivity contribution in [3.8, 4) is 0 Å². The predicted octanol–water partition coefficient (Wildman–Crippen LogP) is 3.10. The second-order valence-electron chi connectivity index (χ2n) is 6.46. The molecule has 0 atom stereocenters. The largest absolute Gasteiger partial charge is 0.372 e. The summed E-state index contributed by atoms with van der Waals surface area (Å²) in [6.45, 7) is 1.88. The molecule has 0 unspecified atom stereocenters. The number of halogens is 1. The fourth-order valence-corrected chi connectivity index (χ4v) is 3.20. The van der Waals surface area contributed by atoms with Crippen LogP contribution in [0.25, 0.3) is 0 Å². The predicted molar refractivity (Wildman–Crippen MR) is 99.8 cm³/mol. The van der Waals surface area contributed by atoms with Gasteiger partial charge in [-0.15, -0.1) is 0 Å². The van der Waals surface area contributed by atoms with Crippen molar-refractivity contribution < 1.29 is 14.0 Å². The van der Waals surface area contributed by atoms with Gasteiger partial charge in [0, 0.05) is 18.8 Å². The molecule has 3 rings (SSSR count). The number of nitrogens with one attached hydrogen (secondary N) is 1. The third-order valence-electron chi connectivity index (χ3n) is 4.57. The van der Waals surface area contributed by atoms with E-state index in [-0.39, 0.29) is 12.0 Å². The average Bonchev–Trinajstić information content (AvgIpc) is 2.64. The second-order valence-corrected chi connectivity index (χ2v) is 6.46. The molecule has 2 aromatic carbocycles. The molecule has 3 N–H and O–H groups in total. The molecule has 2 amide bonds. The molecule has 1 aliphatic heterocycles. The smallest absolute Gasteiger partial charge is 0.250 e. The molecular weight excluding hydrogens is 333 g/mol. The van der Waals surface area contributed by atoms with Gasteiger partial charge in [-0.3, -0.25) is 9.59 Å². The van der Waals surface area contributed by atoms with Gasteiger partial charge < -0.3 is 16.0 Å². The first-order chi connectivity index (χ1) is 12.5. The minimum absolute atomic E-state index is 0.112. The molecule has 136 valence electrons. The molecular formula is C20H22FN3O2. The van der Waals surface area contributed by atoms with Crippen LogP contribution in [0.2, 0.25) is 0 Å². The van der Waals surface area contributed by atoms with Crippen LogP contribution in [-0.2, 0) is 11.2 Å². The van der Waals surface area contributed by atoms with E-state index >= 15 is 0 Å². The number of primary amides is 1. The lowest BCUT2D eigenvalue weighted by Gasteiger charge is -2.29. The van der Waals surface area contributed by atoms with E-state index in [0.29, 0.717) is 11.3 Å². The molecule has 5 nitrogen and oxygen atoms in total. The van der Waals surface area contributed by atoms with E-state index in [2.05, 4.69) is 10.2 Å². The van der Waals surface area contributed by atoms with Gasteiger partial charge in [0.25, 0.3) is 5.91 Å². The van der Waals surface area contributed by atoms with Gasteiger partial charge in [0.05, 0.1) is 17.7 Å². The number of benzene rings is 2. The van der Waals surface area contributed by atoms with Crippen LogP contribution in [0, 0.1) is 5.82 Å². The third-order valence-corrected chi connectivity index (χ3v) is 4.57. The Labute approximate surface area is 152 Å². The highest BCUT2D eigenvalue weighted by Crippen LogP contribution is 2.26. The first-order valence-corrected chi connectivity index (χ1v) is 8.76. The summed E-state index contributed by atoms with van der Waals surface area (Å²) in [5.41, 5.74) is 7.33. The fraction of sp³-hybridized carbons (Fsp3) is 0.300. The molecule has 0 radical (unpaired) electrons. The number of amides is 2. The van der Waals surface area contributed by atoms with Gasteiger partial charge in [-0.2, -0.15) is 0 Å². The number of carbonyl (C=O) groups excluding carboxylic acids is 2. The van der Waals surface area contributed by atoms with E-state index in [1.165, 1.54) is 12.5 Å². The van der Waals surface area contributed by atoms with E-state index in [4.69, 9.17) is 5.73 Å². The molecule has 1 saturated heterocycles. The number of rotatable bonds is 5. The lowest BCUT2D eigenvalue weighted by atomic mass is 10.1. The number of carbonyl (C=O) groups is 2. The fourth-order valence-electron chi connectivity index (χ4n) is 3.20. The summed E-state index contributed by atoms with van der Waals surface area (Å²) in [4.78, 5) is 26.3. The zero-order chi connectivity index (χ0) is 18.5. The molecule has 0 aliphatic carbocycles. The van der Waals surface area contributed by atoms with Crippen molar-refractivity contribution >= 4 is 23.2 Å². The number of piperidine rings is 1. The SMILES string of the molecule is NC(=O)c1cc(N2CCCCC2)ccc1NC(=O)Cc1ccccc1F. The Morgan fingerprint density at radius 1 is 1.08 bits per heavy atom. The van der Waals surface area contributed by atoms with Gasteiger partial charge in [0.2, 0.25) is 5.91 Å². The number of hydrogen-bond donors (Lipinski definition) is 2. The molecule has 0 aromatic heterocycles. The highest BCUT2D eigenvalue weighted by molar-refractivity contribution is 6.04. The minimum Gasteiger partial charge on any atom is -0.372 e. The number of nitrogens with two attached hydrogens (primary N) is 1. The number of nitrogens with zero attached hydrogens (tertiary/aromatic N) is 1. The molecule has 0 saturated carbocycles. The highest BCUT2D eigenvalue weighted by atomic mass is 19.1. The van der Waals surface area contributed by atoms with Crippen LogP contribution in [0.1, 0.15) is 35.2 Å². The normalized spacial score (nSPS) is 14.1. The zero-order valence-electron chi connectivity index (χ0n) is 14.5. The summed E-state index contributed by atoms with van der Waals surface area (Å²) in [5, 5.41) is 2.67. The number of anilines is 2. The molecule has 2 aromatic rings. The maximum atomic E-state index is 13.7. The molecule has 26 heavy (non-hydrogen) atoms. The number of hydrogen-bond acceptors (Lipinski definition) is 3. The molecule has 1 aliphatic rings. The first kappa shape index (κ1) is 17.9. The van der Waals surface area contributed by atoms with Gasteiger partial charge in [0.15, 0.2) is 0 Å². The van der Waals surface area contributed by atoms with Crippen LogP contribution in [0.4, 0.5) is 15.8 Å². The summed E-state index contributed by atoms with van der Waals surface area (Å²) < 4.78 is 13.7. The minimum atomic E-state index is -0.606. The van der Waals surface area contributed by atoms with E-state index in [1.54, 1.807) is 30.3 Å². The summed E-state index contributed by atoms with van der Waals surface area (Å²) in [6, 6.07) is 11.4. The van der Waals surface area contributed by atoms with Gasteiger partial charge in [-0.25, -0.2) is 4.39 Å². The maximum Gasteiger partial charge on any atom is 0.250 e. The van der Waals surface area contributed by atoms with Crippen molar-refractivity contribution in [2.24, 2.45) is 5.73 Å². The molecule has 0 spiro atoms. The molecule has 0 bridgehead atoms. The molecule has 1 heterocycles. The average molecular weight is 355 g/mol. The van der Waals surface area contributed by atoms with Gasteiger partial charge in [-0.05, 0) is 49.1 Å². The van der Waals surface area contributed by atoms with Crippen molar-refractivity contribution in [2.45, 2.75) is 25.7 Å². The van der Waals surface area contributed by atoms with E-state index in [9.17, 15) is 14.0 Å². The van der Waals surface area contributed by atoms with Crippen LogP contribution in [0.5, 0.6) is 0 Å². The lowest BCUT2D eigenvalue weighted by Crippen LogP contribution is -2.30. The van der Waals surface area contributed by atoms with Crippen molar-refractivity contribution in [2.75, 3.05) is 23.3 Å². The Hall–Kier alpha value is -2.89. The Balaban J connectivity index is 1.77. The van der Waals surface area contributed by atoms with Crippen LogP contribution >= 0.6 is 0 Å². The van der Waals surface area contributed by atoms with Crippen LogP contribution in [-0.4, -0.2) is 24.9 Å². The van der Waals surface area contributed by atoms with Crippen molar-refractivity contribution in [1.29, 1.82) is 0 Å². The van der Waals surface area contributed by atoms with E-state index in [1.807, 2.05) is 6.07 Å².